The fourth-order valence-electron chi connectivity index (χ4n) is 2.87. The molecular weight excluding hydrogens is 254 g/mol. The first-order chi connectivity index (χ1) is 9.57. The zero-order chi connectivity index (χ0) is 14.4. The number of hydrogen-bond donors (Lipinski definition) is 2. The van der Waals surface area contributed by atoms with Gasteiger partial charge in [-0.1, -0.05) is 19.3 Å². The van der Waals surface area contributed by atoms with E-state index in [1.165, 1.54) is 12.0 Å². The first kappa shape index (κ1) is 15.0. The summed E-state index contributed by atoms with van der Waals surface area (Å²) in [6.07, 6.45) is 10.7. The Hall–Kier alpha value is -1.36. The van der Waals surface area contributed by atoms with E-state index in [2.05, 4.69) is 10.4 Å². The van der Waals surface area contributed by atoms with Crippen molar-refractivity contribution in [2.75, 3.05) is 6.54 Å². The van der Waals surface area contributed by atoms with Crippen LogP contribution in [-0.4, -0.2) is 32.9 Å². The predicted octanol–water partition coefficient (Wildman–Crippen LogP) is 1.55. The number of nitrogens with zero attached hydrogens (tertiary/aromatic N) is 2. The maximum atomic E-state index is 11.8. The summed E-state index contributed by atoms with van der Waals surface area (Å²) in [6, 6.07) is 0. The van der Waals surface area contributed by atoms with Gasteiger partial charge in [0.1, 0.15) is 0 Å². The highest BCUT2D eigenvalue weighted by Gasteiger charge is 2.31. The lowest BCUT2D eigenvalue weighted by atomic mass is 9.82. The third-order valence-corrected chi connectivity index (χ3v) is 4.00. The summed E-state index contributed by atoms with van der Waals surface area (Å²) in [5, 5.41) is 17.3. The van der Waals surface area contributed by atoms with E-state index >= 15 is 0 Å². The van der Waals surface area contributed by atoms with Crippen molar-refractivity contribution in [3.63, 3.8) is 0 Å². The normalized spacial score (nSPS) is 17.9. The van der Waals surface area contributed by atoms with Gasteiger partial charge < -0.3 is 10.4 Å². The first-order valence-corrected chi connectivity index (χ1v) is 7.54. The van der Waals surface area contributed by atoms with Crippen LogP contribution in [0.15, 0.2) is 12.4 Å². The molecule has 2 rings (SSSR count). The topological polar surface area (TPSA) is 67.2 Å². The van der Waals surface area contributed by atoms with E-state index in [1.807, 2.05) is 19.4 Å². The van der Waals surface area contributed by atoms with Gasteiger partial charge in [0.05, 0.1) is 18.2 Å². The molecule has 0 aromatic carbocycles. The number of carbonyl (C=O) groups is 1. The summed E-state index contributed by atoms with van der Waals surface area (Å²) in [4.78, 5) is 11.8. The standard InChI is InChI=1S/C15H25N3O2/c1-18-12-13(11-17-18)6-5-9-16-14(19)10-15(20)7-3-2-4-8-15/h11-12,20H,2-10H2,1H3,(H,16,19). The van der Waals surface area contributed by atoms with Crippen molar-refractivity contribution in [3.8, 4) is 0 Å². The van der Waals surface area contributed by atoms with Gasteiger partial charge in [0.25, 0.3) is 0 Å². The second-order valence-corrected chi connectivity index (χ2v) is 5.94. The summed E-state index contributed by atoms with van der Waals surface area (Å²) >= 11 is 0. The van der Waals surface area contributed by atoms with Gasteiger partial charge in [-0.2, -0.15) is 5.10 Å². The monoisotopic (exact) mass is 279 g/mol. The number of aromatic nitrogens is 2. The molecule has 1 saturated carbocycles. The molecule has 1 aromatic rings. The van der Waals surface area contributed by atoms with Gasteiger partial charge in [0.2, 0.25) is 5.91 Å². The largest absolute Gasteiger partial charge is 0.389 e. The Morgan fingerprint density at radius 1 is 1.45 bits per heavy atom. The van der Waals surface area contributed by atoms with Crippen LogP contribution in [0.5, 0.6) is 0 Å². The number of amides is 1. The minimum Gasteiger partial charge on any atom is -0.389 e. The maximum Gasteiger partial charge on any atom is 0.222 e. The summed E-state index contributed by atoms with van der Waals surface area (Å²) < 4.78 is 1.78. The SMILES string of the molecule is Cn1cc(CCCNC(=O)CC2(O)CCCCC2)cn1. The average Bonchev–Trinajstić information content (AvgIpc) is 2.81. The fourth-order valence-corrected chi connectivity index (χ4v) is 2.87. The van der Waals surface area contributed by atoms with Gasteiger partial charge in [-0.3, -0.25) is 9.48 Å². The molecule has 5 heteroatoms. The van der Waals surface area contributed by atoms with Gasteiger partial charge in [0.15, 0.2) is 0 Å². The maximum absolute atomic E-state index is 11.8. The lowest BCUT2D eigenvalue weighted by molar-refractivity contribution is -0.127. The number of rotatable bonds is 6. The van der Waals surface area contributed by atoms with Crippen LogP contribution in [0.2, 0.25) is 0 Å². The van der Waals surface area contributed by atoms with Crippen LogP contribution >= 0.6 is 0 Å². The molecule has 112 valence electrons. The molecule has 0 spiro atoms. The lowest BCUT2D eigenvalue weighted by Gasteiger charge is -2.31. The summed E-state index contributed by atoms with van der Waals surface area (Å²) in [7, 11) is 1.90. The van der Waals surface area contributed by atoms with Gasteiger partial charge in [-0.15, -0.1) is 0 Å². The van der Waals surface area contributed by atoms with Crippen LogP contribution in [0, 0.1) is 0 Å². The van der Waals surface area contributed by atoms with Crippen molar-refractivity contribution in [2.24, 2.45) is 7.05 Å². The van der Waals surface area contributed by atoms with Crippen molar-refractivity contribution < 1.29 is 9.90 Å². The number of nitrogens with one attached hydrogen (secondary N) is 1. The van der Waals surface area contributed by atoms with Crippen LogP contribution < -0.4 is 5.32 Å². The van der Waals surface area contributed by atoms with Crippen molar-refractivity contribution in [1.82, 2.24) is 15.1 Å². The van der Waals surface area contributed by atoms with Gasteiger partial charge in [-0.25, -0.2) is 0 Å². The Kier molecular flexibility index (Phi) is 5.17. The molecule has 1 aliphatic rings. The van der Waals surface area contributed by atoms with Gasteiger partial charge in [-0.05, 0) is 31.2 Å². The molecule has 1 aromatic heterocycles. The first-order valence-electron chi connectivity index (χ1n) is 7.54. The van der Waals surface area contributed by atoms with Crippen molar-refractivity contribution in [2.45, 2.75) is 57.0 Å². The lowest BCUT2D eigenvalue weighted by Crippen LogP contribution is -2.38. The zero-order valence-corrected chi connectivity index (χ0v) is 12.3. The van der Waals surface area contributed by atoms with E-state index in [0.717, 1.165) is 38.5 Å². The predicted molar refractivity (Wildman–Crippen MR) is 77.2 cm³/mol. The molecule has 20 heavy (non-hydrogen) atoms. The van der Waals surface area contributed by atoms with E-state index in [1.54, 1.807) is 4.68 Å². The van der Waals surface area contributed by atoms with Crippen LogP contribution in [0.4, 0.5) is 0 Å². The van der Waals surface area contributed by atoms with Crippen LogP contribution in [0.1, 0.15) is 50.5 Å². The molecule has 5 nitrogen and oxygen atoms in total. The highest BCUT2D eigenvalue weighted by molar-refractivity contribution is 5.76. The van der Waals surface area contributed by atoms with E-state index < -0.39 is 5.60 Å². The fraction of sp³-hybridized carbons (Fsp3) is 0.733. The third kappa shape index (κ3) is 4.63. The molecule has 0 aliphatic heterocycles. The second-order valence-electron chi connectivity index (χ2n) is 5.94. The van der Waals surface area contributed by atoms with Crippen molar-refractivity contribution >= 4 is 5.91 Å². The molecule has 0 saturated heterocycles. The second kappa shape index (κ2) is 6.88. The molecular formula is C15H25N3O2. The van der Waals surface area contributed by atoms with E-state index in [9.17, 15) is 9.90 Å². The van der Waals surface area contributed by atoms with Crippen molar-refractivity contribution in [1.29, 1.82) is 0 Å². The Morgan fingerprint density at radius 2 is 2.20 bits per heavy atom. The molecule has 2 N–H and O–H groups in total. The average molecular weight is 279 g/mol. The molecule has 1 aliphatic carbocycles. The molecule has 0 atom stereocenters. The molecule has 1 amide bonds. The number of carbonyl (C=O) groups excluding carboxylic acids is 1. The Bertz CT molecular complexity index is 436. The summed E-state index contributed by atoms with van der Waals surface area (Å²) in [6.45, 7) is 0.657. The molecule has 0 unspecified atom stereocenters. The zero-order valence-electron chi connectivity index (χ0n) is 12.3. The summed E-state index contributed by atoms with van der Waals surface area (Å²) in [5.41, 5.74) is 0.429. The Balaban J connectivity index is 1.62. The third-order valence-electron chi connectivity index (χ3n) is 4.00. The Labute approximate surface area is 120 Å². The smallest absolute Gasteiger partial charge is 0.222 e. The number of aliphatic hydroxyl groups is 1. The molecule has 0 radical (unpaired) electrons. The van der Waals surface area contributed by atoms with E-state index in [0.29, 0.717) is 6.54 Å². The van der Waals surface area contributed by atoms with Crippen LogP contribution in [0.3, 0.4) is 0 Å². The van der Waals surface area contributed by atoms with Crippen LogP contribution in [0.25, 0.3) is 0 Å². The minimum atomic E-state index is -0.758. The van der Waals surface area contributed by atoms with Gasteiger partial charge in [0, 0.05) is 19.8 Å². The molecule has 1 heterocycles. The highest BCUT2D eigenvalue weighted by atomic mass is 16.3. The molecule has 0 bridgehead atoms. The van der Waals surface area contributed by atoms with E-state index in [-0.39, 0.29) is 12.3 Å². The molecule has 1 fully saturated rings. The van der Waals surface area contributed by atoms with Crippen molar-refractivity contribution in [3.05, 3.63) is 18.0 Å². The highest BCUT2D eigenvalue weighted by Crippen LogP contribution is 2.30. The van der Waals surface area contributed by atoms with Crippen LogP contribution in [-0.2, 0) is 18.3 Å². The van der Waals surface area contributed by atoms with E-state index in [4.69, 9.17) is 0 Å². The number of hydrogen-bond acceptors (Lipinski definition) is 3. The summed E-state index contributed by atoms with van der Waals surface area (Å²) in [5.74, 6) is -0.0272. The quantitative estimate of drug-likeness (QED) is 0.776. The minimum absolute atomic E-state index is 0.0272. The Morgan fingerprint density at radius 3 is 2.85 bits per heavy atom. The number of aryl methyl sites for hydroxylation is 2. The van der Waals surface area contributed by atoms with Gasteiger partial charge >= 0.3 is 0 Å².